The first kappa shape index (κ1) is 11.5. The van der Waals surface area contributed by atoms with Crippen molar-refractivity contribution >= 4 is 23.4 Å². The average Bonchev–Trinajstić information content (AvgIpc) is 2.46. The minimum absolute atomic E-state index is 0.0822. The first-order chi connectivity index (χ1) is 6.43. The molecule has 0 aromatic heterocycles. The lowest BCUT2D eigenvalue weighted by Crippen LogP contribution is -2.37. The summed E-state index contributed by atoms with van der Waals surface area (Å²) in [6.07, 6.45) is 0.479. The van der Waals surface area contributed by atoms with Crippen LogP contribution in [0.3, 0.4) is 0 Å². The summed E-state index contributed by atoms with van der Waals surface area (Å²) < 4.78 is 0. The molecule has 2 unspecified atom stereocenters. The Bertz CT molecular complexity index is 251. The van der Waals surface area contributed by atoms with Gasteiger partial charge in [-0.15, -0.1) is 11.6 Å². The van der Waals surface area contributed by atoms with Crippen LogP contribution in [0.4, 0.5) is 0 Å². The van der Waals surface area contributed by atoms with Crippen molar-refractivity contribution in [2.24, 2.45) is 11.8 Å². The molecule has 14 heavy (non-hydrogen) atoms. The van der Waals surface area contributed by atoms with Crippen LogP contribution in [0.1, 0.15) is 27.2 Å². The molecule has 1 aliphatic heterocycles. The molecule has 0 saturated carbocycles. The quantitative estimate of drug-likeness (QED) is 0.660. The van der Waals surface area contributed by atoms with Crippen LogP contribution in [-0.2, 0) is 9.59 Å². The van der Waals surface area contributed by atoms with E-state index in [4.69, 9.17) is 11.6 Å². The molecule has 0 radical (unpaired) electrons. The Kier molecular flexibility index (Phi) is 3.53. The van der Waals surface area contributed by atoms with E-state index in [9.17, 15) is 9.59 Å². The van der Waals surface area contributed by atoms with E-state index in [1.807, 2.05) is 0 Å². The highest BCUT2D eigenvalue weighted by molar-refractivity contribution is 6.31. The van der Waals surface area contributed by atoms with Crippen molar-refractivity contribution in [2.45, 2.75) is 32.6 Å². The predicted octanol–water partition coefficient (Wildman–Crippen LogP) is 1.64. The molecule has 3 nitrogen and oxygen atoms in total. The summed E-state index contributed by atoms with van der Waals surface area (Å²) >= 11 is 5.66. The Labute approximate surface area is 89.4 Å². The average molecular weight is 218 g/mol. The lowest BCUT2D eigenvalue weighted by atomic mass is 9.95. The van der Waals surface area contributed by atoms with Crippen LogP contribution in [0.2, 0.25) is 0 Å². The maximum atomic E-state index is 11.5. The van der Waals surface area contributed by atoms with E-state index in [2.05, 4.69) is 13.8 Å². The highest BCUT2D eigenvalue weighted by Crippen LogP contribution is 2.25. The summed E-state index contributed by atoms with van der Waals surface area (Å²) in [6.45, 7) is 6.26. The molecule has 1 fully saturated rings. The third-order valence-corrected chi connectivity index (χ3v) is 2.89. The number of carbonyl (C=O) groups excluding carboxylic acids is 2. The minimum atomic E-state index is -0.607. The number of hydrogen-bond acceptors (Lipinski definition) is 2. The van der Waals surface area contributed by atoms with E-state index < -0.39 is 5.38 Å². The minimum Gasteiger partial charge on any atom is -0.281 e. The zero-order valence-corrected chi connectivity index (χ0v) is 9.54. The molecule has 0 bridgehead atoms. The van der Waals surface area contributed by atoms with Crippen molar-refractivity contribution in [3.8, 4) is 0 Å². The Morgan fingerprint density at radius 2 is 2.07 bits per heavy atom. The molecule has 1 heterocycles. The predicted molar refractivity (Wildman–Crippen MR) is 55.0 cm³/mol. The second kappa shape index (κ2) is 4.30. The van der Waals surface area contributed by atoms with E-state index in [-0.39, 0.29) is 11.8 Å². The van der Waals surface area contributed by atoms with Gasteiger partial charge in [-0.3, -0.25) is 14.5 Å². The number of carbonyl (C=O) groups is 2. The molecule has 0 N–H and O–H groups in total. The molecule has 80 valence electrons. The molecule has 0 aromatic rings. The van der Waals surface area contributed by atoms with Gasteiger partial charge in [0.05, 0.1) is 0 Å². The van der Waals surface area contributed by atoms with Gasteiger partial charge >= 0.3 is 0 Å². The van der Waals surface area contributed by atoms with Crippen LogP contribution >= 0.6 is 11.6 Å². The topological polar surface area (TPSA) is 37.4 Å². The largest absolute Gasteiger partial charge is 0.281 e. The van der Waals surface area contributed by atoms with Gasteiger partial charge in [0.15, 0.2) is 0 Å². The number of amides is 2. The molecule has 0 aliphatic carbocycles. The number of nitrogens with zero attached hydrogens (tertiary/aromatic N) is 1. The first-order valence-corrected chi connectivity index (χ1v) is 5.35. The summed E-state index contributed by atoms with van der Waals surface area (Å²) in [6, 6.07) is 0. The number of imide groups is 1. The van der Waals surface area contributed by atoms with Gasteiger partial charge in [-0.1, -0.05) is 13.8 Å². The van der Waals surface area contributed by atoms with Crippen LogP contribution in [0, 0.1) is 11.8 Å². The van der Waals surface area contributed by atoms with Crippen LogP contribution in [0.5, 0.6) is 0 Å². The third kappa shape index (κ3) is 2.27. The first-order valence-electron chi connectivity index (χ1n) is 4.91. The van der Waals surface area contributed by atoms with Crippen LogP contribution in [0.15, 0.2) is 0 Å². The van der Waals surface area contributed by atoms with Gasteiger partial charge in [-0.2, -0.15) is 0 Å². The molecule has 0 spiro atoms. The standard InChI is InChI=1S/C10H16ClNO2/c1-6(2)8-4-9(13)12(5-8)10(14)7(3)11/h6-8H,4-5H2,1-3H3. The monoisotopic (exact) mass is 217 g/mol. The van der Waals surface area contributed by atoms with Crippen LogP contribution in [0.25, 0.3) is 0 Å². The second-order valence-corrected chi connectivity index (χ2v) is 4.82. The molecule has 1 aliphatic rings. The van der Waals surface area contributed by atoms with Crippen molar-refractivity contribution in [2.75, 3.05) is 6.54 Å². The van der Waals surface area contributed by atoms with Crippen molar-refractivity contribution in [1.82, 2.24) is 4.90 Å². The fourth-order valence-electron chi connectivity index (χ4n) is 1.61. The molecule has 4 heteroatoms. The number of hydrogen-bond donors (Lipinski definition) is 0. The molecule has 1 saturated heterocycles. The maximum absolute atomic E-state index is 11.5. The fourth-order valence-corrected chi connectivity index (χ4v) is 1.73. The zero-order valence-electron chi connectivity index (χ0n) is 8.79. The van der Waals surface area contributed by atoms with Crippen molar-refractivity contribution < 1.29 is 9.59 Å². The highest BCUT2D eigenvalue weighted by atomic mass is 35.5. The summed E-state index contributed by atoms with van der Waals surface area (Å²) in [4.78, 5) is 24.3. The molecular weight excluding hydrogens is 202 g/mol. The van der Waals surface area contributed by atoms with Gasteiger partial charge in [-0.25, -0.2) is 0 Å². The molecule has 2 amide bonds. The molecular formula is C10H16ClNO2. The molecule has 0 aromatic carbocycles. The van der Waals surface area contributed by atoms with Crippen LogP contribution < -0.4 is 0 Å². The highest BCUT2D eigenvalue weighted by Gasteiger charge is 2.36. The zero-order chi connectivity index (χ0) is 10.9. The van der Waals surface area contributed by atoms with Gasteiger partial charge < -0.3 is 0 Å². The van der Waals surface area contributed by atoms with Crippen molar-refractivity contribution in [3.63, 3.8) is 0 Å². The lowest BCUT2D eigenvalue weighted by molar-refractivity contribution is -0.141. The summed E-state index contributed by atoms with van der Waals surface area (Å²) in [5, 5.41) is -0.607. The normalized spacial score (nSPS) is 24.5. The van der Waals surface area contributed by atoms with Gasteiger partial charge in [0.25, 0.3) is 0 Å². The Morgan fingerprint density at radius 3 is 2.43 bits per heavy atom. The van der Waals surface area contributed by atoms with E-state index in [0.29, 0.717) is 24.8 Å². The Balaban J connectivity index is 2.66. The molecule has 1 rings (SSSR count). The van der Waals surface area contributed by atoms with Crippen LogP contribution in [-0.4, -0.2) is 28.6 Å². The van der Waals surface area contributed by atoms with Gasteiger partial charge in [0, 0.05) is 13.0 Å². The Hall–Kier alpha value is -0.570. The van der Waals surface area contributed by atoms with Gasteiger partial charge in [-0.05, 0) is 18.8 Å². The molecule has 2 atom stereocenters. The summed E-state index contributed by atoms with van der Waals surface area (Å²) in [5.41, 5.74) is 0. The smallest absolute Gasteiger partial charge is 0.246 e. The van der Waals surface area contributed by atoms with Gasteiger partial charge in [0.2, 0.25) is 11.8 Å². The van der Waals surface area contributed by atoms with E-state index in [0.717, 1.165) is 0 Å². The summed E-state index contributed by atoms with van der Waals surface area (Å²) in [7, 11) is 0. The number of likely N-dealkylation sites (tertiary alicyclic amines) is 1. The van der Waals surface area contributed by atoms with Crippen molar-refractivity contribution in [1.29, 1.82) is 0 Å². The van der Waals surface area contributed by atoms with E-state index in [1.54, 1.807) is 6.92 Å². The fraction of sp³-hybridized carbons (Fsp3) is 0.800. The third-order valence-electron chi connectivity index (χ3n) is 2.70. The SMILES string of the molecule is CC(Cl)C(=O)N1CC(C(C)C)CC1=O. The van der Waals surface area contributed by atoms with Gasteiger partial charge in [0.1, 0.15) is 5.38 Å². The van der Waals surface area contributed by atoms with E-state index in [1.165, 1.54) is 4.90 Å². The number of alkyl halides is 1. The second-order valence-electron chi connectivity index (χ2n) is 4.17. The summed E-state index contributed by atoms with van der Waals surface area (Å²) in [5.74, 6) is 0.380. The lowest BCUT2D eigenvalue weighted by Gasteiger charge is -2.17. The number of rotatable bonds is 2. The van der Waals surface area contributed by atoms with E-state index >= 15 is 0 Å². The van der Waals surface area contributed by atoms with Crippen molar-refractivity contribution in [3.05, 3.63) is 0 Å². The number of halogens is 1. The maximum Gasteiger partial charge on any atom is 0.246 e. The Morgan fingerprint density at radius 1 is 1.50 bits per heavy atom.